The van der Waals surface area contributed by atoms with Gasteiger partial charge in [0.1, 0.15) is 34.2 Å². The highest BCUT2D eigenvalue weighted by atomic mass is 35.5. The van der Waals surface area contributed by atoms with Crippen LogP contribution in [0.3, 0.4) is 0 Å². The Morgan fingerprint density at radius 2 is 2.03 bits per heavy atom. The van der Waals surface area contributed by atoms with Gasteiger partial charge in [-0.25, -0.2) is 24.9 Å². The number of aliphatic hydroxyl groups is 1. The minimum absolute atomic E-state index is 0.0195. The van der Waals surface area contributed by atoms with Crippen LogP contribution in [-0.2, 0) is 12.0 Å². The second-order valence-electron chi connectivity index (χ2n) is 8.62. The maximum atomic E-state index is 8.97. The van der Waals surface area contributed by atoms with Gasteiger partial charge in [-0.3, -0.25) is 0 Å². The molecule has 0 spiro atoms. The van der Waals surface area contributed by atoms with E-state index in [4.69, 9.17) is 21.2 Å². The third-order valence-corrected chi connectivity index (χ3v) is 5.35. The fourth-order valence-corrected chi connectivity index (χ4v) is 3.30. The van der Waals surface area contributed by atoms with Gasteiger partial charge < -0.3 is 25.2 Å². The Morgan fingerprint density at radius 1 is 1.21 bits per heavy atom. The van der Waals surface area contributed by atoms with Crippen LogP contribution in [-0.4, -0.2) is 53.3 Å². The molecule has 4 rings (SSSR count). The second-order valence-corrected chi connectivity index (χ2v) is 8.99. The van der Waals surface area contributed by atoms with E-state index in [9.17, 15) is 0 Å². The monoisotopic (exact) mass is 471 g/mol. The Morgan fingerprint density at radius 3 is 2.79 bits per heavy atom. The fourth-order valence-electron chi connectivity index (χ4n) is 3.07. The van der Waals surface area contributed by atoms with Crippen molar-refractivity contribution in [3.8, 4) is 11.5 Å². The van der Waals surface area contributed by atoms with Gasteiger partial charge in [0.15, 0.2) is 17.2 Å². The molecule has 4 heterocycles. The number of hydrogen-bond donors (Lipinski definition) is 4. The number of nitrogens with zero attached hydrogens (tertiary/aromatic N) is 6. The van der Waals surface area contributed by atoms with Gasteiger partial charge in [0, 0.05) is 24.6 Å². The van der Waals surface area contributed by atoms with Crippen molar-refractivity contribution in [2.75, 3.05) is 18.5 Å². The standard InChI is InChI=1S/C21H26ClN9O2/c1-11(24-8-13-16(22)19(23-5-6-32)27-10-26-13)15-7-12(31-33-15)17-28-14-9-25-20(21(2,3)4)30-18(14)29-17/h7,9-11,24,32H,5-6,8H2,1-4H3,(H,23,26,27)(H,25,28,29,30)/t11-/m1/s1. The van der Waals surface area contributed by atoms with E-state index in [1.165, 1.54) is 6.33 Å². The number of halogens is 1. The van der Waals surface area contributed by atoms with Gasteiger partial charge in [0.25, 0.3) is 0 Å². The molecule has 0 saturated heterocycles. The van der Waals surface area contributed by atoms with E-state index in [1.54, 1.807) is 6.20 Å². The molecule has 12 heteroatoms. The first kappa shape index (κ1) is 23.0. The average molecular weight is 472 g/mol. The Labute approximate surface area is 195 Å². The van der Waals surface area contributed by atoms with E-state index >= 15 is 0 Å². The molecule has 0 aliphatic heterocycles. The van der Waals surface area contributed by atoms with E-state index in [-0.39, 0.29) is 18.1 Å². The average Bonchev–Trinajstić information content (AvgIpc) is 3.43. The minimum atomic E-state index is -0.169. The molecule has 11 nitrogen and oxygen atoms in total. The van der Waals surface area contributed by atoms with Crippen molar-refractivity contribution in [3.05, 3.63) is 40.9 Å². The molecule has 33 heavy (non-hydrogen) atoms. The van der Waals surface area contributed by atoms with Crippen LogP contribution in [0.25, 0.3) is 22.7 Å². The quantitative estimate of drug-likeness (QED) is 0.302. The number of rotatable bonds is 8. The number of aromatic nitrogens is 7. The van der Waals surface area contributed by atoms with Crippen molar-refractivity contribution in [2.45, 2.75) is 45.7 Å². The number of aliphatic hydroxyl groups excluding tert-OH is 1. The minimum Gasteiger partial charge on any atom is -0.395 e. The van der Waals surface area contributed by atoms with Crippen LogP contribution in [0.1, 0.15) is 51.0 Å². The lowest BCUT2D eigenvalue weighted by atomic mass is 9.96. The van der Waals surface area contributed by atoms with Crippen LogP contribution in [0.4, 0.5) is 5.82 Å². The molecule has 0 aliphatic carbocycles. The molecule has 0 unspecified atom stereocenters. The largest absolute Gasteiger partial charge is 0.395 e. The topological polar surface area (TPSA) is 151 Å². The zero-order valence-corrected chi connectivity index (χ0v) is 19.6. The van der Waals surface area contributed by atoms with Crippen molar-refractivity contribution < 1.29 is 9.63 Å². The smallest absolute Gasteiger partial charge is 0.181 e. The van der Waals surface area contributed by atoms with E-state index < -0.39 is 0 Å². The first-order valence-corrected chi connectivity index (χ1v) is 10.9. The molecule has 0 aliphatic rings. The molecule has 4 aromatic rings. The zero-order valence-electron chi connectivity index (χ0n) is 18.8. The summed E-state index contributed by atoms with van der Waals surface area (Å²) in [4.78, 5) is 25.1. The molecule has 0 saturated carbocycles. The molecule has 1 atom stereocenters. The maximum Gasteiger partial charge on any atom is 0.181 e. The number of hydrogen-bond acceptors (Lipinski definition) is 10. The van der Waals surface area contributed by atoms with Gasteiger partial charge in [0.2, 0.25) is 0 Å². The highest BCUT2D eigenvalue weighted by Crippen LogP contribution is 2.25. The molecule has 0 amide bonds. The van der Waals surface area contributed by atoms with Crippen molar-refractivity contribution in [3.63, 3.8) is 0 Å². The van der Waals surface area contributed by atoms with E-state index in [2.05, 4.69) is 66.5 Å². The van der Waals surface area contributed by atoms with Gasteiger partial charge in [-0.1, -0.05) is 37.5 Å². The summed E-state index contributed by atoms with van der Waals surface area (Å²) in [6.07, 6.45) is 3.16. The highest BCUT2D eigenvalue weighted by Gasteiger charge is 2.20. The summed E-state index contributed by atoms with van der Waals surface area (Å²) in [5.41, 5.74) is 2.36. The number of imidazole rings is 1. The zero-order chi connectivity index (χ0) is 23.6. The lowest BCUT2D eigenvalue weighted by molar-refractivity contribution is 0.311. The normalized spacial score (nSPS) is 12.9. The third-order valence-electron chi connectivity index (χ3n) is 4.95. The summed E-state index contributed by atoms with van der Waals surface area (Å²) in [7, 11) is 0. The van der Waals surface area contributed by atoms with Crippen molar-refractivity contribution in [2.24, 2.45) is 0 Å². The summed E-state index contributed by atoms with van der Waals surface area (Å²) >= 11 is 6.37. The van der Waals surface area contributed by atoms with Gasteiger partial charge in [-0.15, -0.1) is 0 Å². The molecular weight excluding hydrogens is 446 g/mol. The summed E-state index contributed by atoms with van der Waals surface area (Å²) < 4.78 is 5.54. The lowest BCUT2D eigenvalue weighted by Gasteiger charge is -2.15. The number of anilines is 1. The van der Waals surface area contributed by atoms with Crippen LogP contribution in [0.15, 0.2) is 23.1 Å². The Hall–Kier alpha value is -3.15. The van der Waals surface area contributed by atoms with Crippen LogP contribution in [0, 0.1) is 0 Å². The van der Waals surface area contributed by atoms with Gasteiger partial charge >= 0.3 is 0 Å². The van der Waals surface area contributed by atoms with Crippen molar-refractivity contribution in [1.29, 1.82) is 0 Å². The lowest BCUT2D eigenvalue weighted by Crippen LogP contribution is -2.19. The van der Waals surface area contributed by atoms with Crippen molar-refractivity contribution in [1.82, 2.24) is 40.4 Å². The maximum absolute atomic E-state index is 8.97. The highest BCUT2D eigenvalue weighted by molar-refractivity contribution is 6.33. The van der Waals surface area contributed by atoms with Crippen LogP contribution in [0.5, 0.6) is 0 Å². The van der Waals surface area contributed by atoms with Crippen LogP contribution >= 0.6 is 11.6 Å². The van der Waals surface area contributed by atoms with Crippen molar-refractivity contribution >= 4 is 28.6 Å². The van der Waals surface area contributed by atoms with Gasteiger partial charge in [-0.05, 0) is 6.92 Å². The van der Waals surface area contributed by atoms with E-state index in [0.717, 1.165) is 11.3 Å². The van der Waals surface area contributed by atoms with Crippen LogP contribution < -0.4 is 10.6 Å². The number of aromatic amines is 1. The third kappa shape index (κ3) is 5.10. The van der Waals surface area contributed by atoms with E-state index in [1.807, 2.05) is 13.0 Å². The fraction of sp³-hybridized carbons (Fsp3) is 0.429. The van der Waals surface area contributed by atoms with Crippen LogP contribution in [0.2, 0.25) is 5.02 Å². The molecule has 0 bridgehead atoms. The number of fused-ring (bicyclic) bond motifs is 1. The molecule has 0 aromatic carbocycles. The molecular formula is C21H26ClN9O2. The Balaban J connectivity index is 1.46. The van der Waals surface area contributed by atoms with Gasteiger partial charge in [-0.2, -0.15) is 0 Å². The molecule has 174 valence electrons. The van der Waals surface area contributed by atoms with Gasteiger partial charge in [0.05, 0.1) is 24.5 Å². The molecule has 4 aromatic heterocycles. The first-order valence-electron chi connectivity index (χ1n) is 10.5. The summed E-state index contributed by atoms with van der Waals surface area (Å²) in [5, 5.41) is 19.8. The summed E-state index contributed by atoms with van der Waals surface area (Å²) in [5.74, 6) is 2.40. The Bertz CT molecular complexity index is 1250. The SMILES string of the molecule is C[C@@H](NCc1ncnc(NCCO)c1Cl)c1cc(-c2nc3nc(C(C)(C)C)ncc3[nH]2)no1. The predicted octanol–water partition coefficient (Wildman–Crippen LogP) is 3.00. The number of H-pyrrole nitrogens is 1. The molecule has 0 radical (unpaired) electrons. The molecule has 0 fully saturated rings. The molecule has 4 N–H and O–H groups in total. The summed E-state index contributed by atoms with van der Waals surface area (Å²) in [6, 6.07) is 1.66. The predicted molar refractivity (Wildman–Crippen MR) is 124 cm³/mol. The second kappa shape index (κ2) is 9.38. The summed E-state index contributed by atoms with van der Waals surface area (Å²) in [6.45, 7) is 8.84. The Kier molecular flexibility index (Phi) is 6.54. The first-order chi connectivity index (χ1) is 15.8. The number of nitrogens with one attached hydrogen (secondary N) is 3. The van der Waals surface area contributed by atoms with E-state index in [0.29, 0.717) is 52.5 Å².